The summed E-state index contributed by atoms with van der Waals surface area (Å²) < 4.78 is 44.6. The van der Waals surface area contributed by atoms with Gasteiger partial charge in [0.25, 0.3) is 0 Å². The molecule has 0 radical (unpaired) electrons. The zero-order valence-electron chi connectivity index (χ0n) is 27.4. The number of benzene rings is 2. The largest absolute Gasteiger partial charge is 0.490 e. The molecule has 0 spiro atoms. The standard InChI is InChI=1S/C37H37F2N5O3S/c1-6-32(45)44-21(2)19-43-30(22(44)3)18-29(41-43)36-34(33-28(39)16-26(38)17-31(33)47-13-12-46-5)37-27(10-14-48-37)35(40-36)24-7-8-25-20-42(4)11-9-23(25)15-24/h6-8,10,14-18,21-22H,1,9,11-13,19-20H2,2-5H3. The monoisotopic (exact) mass is 669 g/mol. The van der Waals surface area contributed by atoms with Crippen molar-refractivity contribution in [3.8, 4) is 39.5 Å². The molecule has 2 unspecified atom stereocenters. The second kappa shape index (κ2) is 12.9. The van der Waals surface area contributed by atoms with Crippen LogP contribution in [-0.2, 0) is 29.0 Å². The maximum absolute atomic E-state index is 16.1. The topological polar surface area (TPSA) is 72.7 Å². The number of hydrogen-bond acceptors (Lipinski definition) is 7. The molecular formula is C37H37F2N5O3S. The average Bonchev–Trinajstić information content (AvgIpc) is 3.72. The molecule has 8 nitrogen and oxygen atoms in total. The number of hydrogen-bond donors (Lipinski definition) is 0. The predicted molar refractivity (Wildman–Crippen MR) is 184 cm³/mol. The van der Waals surface area contributed by atoms with E-state index in [2.05, 4.69) is 36.7 Å². The number of fused-ring (bicyclic) bond motifs is 3. The van der Waals surface area contributed by atoms with Crippen molar-refractivity contribution in [1.29, 1.82) is 0 Å². The van der Waals surface area contributed by atoms with E-state index in [0.717, 1.165) is 52.6 Å². The maximum atomic E-state index is 16.1. The van der Waals surface area contributed by atoms with E-state index < -0.39 is 11.6 Å². The number of methoxy groups -OCH3 is 1. The van der Waals surface area contributed by atoms with Crippen LogP contribution in [0.25, 0.3) is 43.9 Å². The second-order valence-electron chi connectivity index (χ2n) is 12.5. The molecule has 0 fully saturated rings. The van der Waals surface area contributed by atoms with E-state index in [1.807, 2.05) is 36.0 Å². The first-order chi connectivity index (χ1) is 23.2. The molecule has 2 aromatic carbocycles. The molecule has 0 N–H and O–H groups in total. The fraction of sp³-hybridized carbons (Fsp3) is 0.324. The van der Waals surface area contributed by atoms with Crippen LogP contribution in [0, 0.1) is 11.6 Å². The van der Waals surface area contributed by atoms with E-state index in [-0.39, 0.29) is 42.5 Å². The number of carbonyl (C=O) groups is 1. The number of carbonyl (C=O) groups excluding carboxylic acids is 1. The van der Waals surface area contributed by atoms with Gasteiger partial charge in [0.2, 0.25) is 5.91 Å². The van der Waals surface area contributed by atoms with E-state index >= 15 is 4.39 Å². The molecule has 5 heterocycles. The Labute approximate surface area is 282 Å². The summed E-state index contributed by atoms with van der Waals surface area (Å²) in [5, 5.41) is 7.83. The third kappa shape index (κ3) is 5.59. The summed E-state index contributed by atoms with van der Waals surface area (Å²) in [6.45, 7) is 10.3. The summed E-state index contributed by atoms with van der Waals surface area (Å²) in [5.74, 6) is -1.61. The first kappa shape index (κ1) is 32.1. The maximum Gasteiger partial charge on any atom is 0.246 e. The van der Waals surface area contributed by atoms with Gasteiger partial charge in [-0.25, -0.2) is 13.8 Å². The summed E-state index contributed by atoms with van der Waals surface area (Å²) in [6, 6.07) is 12.0. The summed E-state index contributed by atoms with van der Waals surface area (Å²) in [4.78, 5) is 22.2. The number of likely N-dealkylation sites (N-methyl/N-ethyl adjacent to an activating group) is 1. The summed E-state index contributed by atoms with van der Waals surface area (Å²) in [6.07, 6.45) is 2.26. The summed E-state index contributed by atoms with van der Waals surface area (Å²) >= 11 is 1.46. The van der Waals surface area contributed by atoms with Crippen LogP contribution >= 0.6 is 11.3 Å². The quantitative estimate of drug-likeness (QED) is 0.128. The van der Waals surface area contributed by atoms with E-state index in [9.17, 15) is 9.18 Å². The lowest BCUT2D eigenvalue weighted by molar-refractivity contribution is -0.131. The minimum absolute atomic E-state index is 0.0571. The van der Waals surface area contributed by atoms with E-state index in [1.165, 1.54) is 41.7 Å². The minimum atomic E-state index is -0.764. The SMILES string of the molecule is C=CC(=O)N1C(C)Cn2nc(-c3nc(-c4ccc5c(c4)CCN(C)C5)c4ccsc4c3-c3c(F)cc(F)cc3OCCOC)cc2C1C. The van der Waals surface area contributed by atoms with Crippen LogP contribution in [0.3, 0.4) is 0 Å². The van der Waals surface area contributed by atoms with Crippen molar-refractivity contribution in [2.24, 2.45) is 0 Å². The Kier molecular flexibility index (Phi) is 8.61. The molecule has 2 aliphatic heterocycles. The van der Waals surface area contributed by atoms with Gasteiger partial charge in [0.15, 0.2) is 0 Å². The molecule has 0 aliphatic carbocycles. The molecule has 11 heteroatoms. The van der Waals surface area contributed by atoms with Crippen LogP contribution in [-0.4, -0.2) is 70.4 Å². The molecule has 248 valence electrons. The van der Waals surface area contributed by atoms with Gasteiger partial charge in [0, 0.05) is 59.6 Å². The molecule has 2 atom stereocenters. The zero-order valence-corrected chi connectivity index (χ0v) is 28.2. The molecular weight excluding hydrogens is 633 g/mol. The first-order valence-corrected chi connectivity index (χ1v) is 16.9. The Bertz CT molecular complexity index is 2060. The molecule has 1 amide bonds. The van der Waals surface area contributed by atoms with Crippen LogP contribution in [0.5, 0.6) is 5.75 Å². The van der Waals surface area contributed by atoms with Crippen LogP contribution in [0.2, 0.25) is 0 Å². The van der Waals surface area contributed by atoms with E-state index in [1.54, 1.807) is 4.90 Å². The van der Waals surface area contributed by atoms with Gasteiger partial charge in [-0.05, 0) is 68.1 Å². The highest BCUT2D eigenvalue weighted by molar-refractivity contribution is 7.18. The lowest BCUT2D eigenvalue weighted by Gasteiger charge is -2.38. The van der Waals surface area contributed by atoms with Crippen molar-refractivity contribution in [3.63, 3.8) is 0 Å². The van der Waals surface area contributed by atoms with Crippen molar-refractivity contribution in [2.45, 2.75) is 45.4 Å². The number of aromatic nitrogens is 3. The smallest absolute Gasteiger partial charge is 0.246 e. The normalized spacial score (nSPS) is 17.8. The van der Waals surface area contributed by atoms with Crippen LogP contribution < -0.4 is 4.74 Å². The van der Waals surface area contributed by atoms with Crippen molar-refractivity contribution in [3.05, 3.63) is 89.0 Å². The van der Waals surface area contributed by atoms with E-state index in [4.69, 9.17) is 19.6 Å². The Morgan fingerprint density at radius 1 is 1.08 bits per heavy atom. The Balaban J connectivity index is 1.48. The Morgan fingerprint density at radius 3 is 2.71 bits per heavy atom. The van der Waals surface area contributed by atoms with Crippen LogP contribution in [0.1, 0.15) is 36.7 Å². The fourth-order valence-electron chi connectivity index (χ4n) is 7.05. The minimum Gasteiger partial charge on any atom is -0.490 e. The molecule has 0 saturated carbocycles. The molecule has 48 heavy (non-hydrogen) atoms. The highest BCUT2D eigenvalue weighted by Gasteiger charge is 2.34. The number of nitrogens with zero attached hydrogens (tertiary/aromatic N) is 5. The summed E-state index contributed by atoms with van der Waals surface area (Å²) in [7, 11) is 3.66. The number of rotatable bonds is 8. The van der Waals surface area contributed by atoms with Gasteiger partial charge in [0.1, 0.15) is 35.4 Å². The van der Waals surface area contributed by atoms with Gasteiger partial charge in [0.05, 0.1) is 36.1 Å². The first-order valence-electron chi connectivity index (χ1n) is 16.0. The molecule has 7 rings (SSSR count). The molecule has 5 aromatic rings. The fourth-order valence-corrected chi connectivity index (χ4v) is 8.00. The van der Waals surface area contributed by atoms with Crippen molar-refractivity contribution in [1.82, 2.24) is 24.6 Å². The number of pyridine rings is 1. The van der Waals surface area contributed by atoms with Crippen LogP contribution in [0.4, 0.5) is 8.78 Å². The van der Waals surface area contributed by atoms with E-state index in [0.29, 0.717) is 23.5 Å². The Hall–Kier alpha value is -4.45. The number of thiophene rings is 1. The molecule has 2 aliphatic rings. The highest BCUT2D eigenvalue weighted by Crippen LogP contribution is 2.47. The molecule has 0 bridgehead atoms. The van der Waals surface area contributed by atoms with Gasteiger partial charge in [-0.2, -0.15) is 5.10 Å². The predicted octanol–water partition coefficient (Wildman–Crippen LogP) is 7.26. The third-order valence-electron chi connectivity index (χ3n) is 9.34. The van der Waals surface area contributed by atoms with Crippen molar-refractivity contribution < 1.29 is 23.0 Å². The number of amides is 1. The third-order valence-corrected chi connectivity index (χ3v) is 10.3. The van der Waals surface area contributed by atoms with Gasteiger partial charge in [-0.3, -0.25) is 9.48 Å². The van der Waals surface area contributed by atoms with Gasteiger partial charge in [-0.15, -0.1) is 11.3 Å². The average molecular weight is 670 g/mol. The zero-order chi connectivity index (χ0) is 33.7. The van der Waals surface area contributed by atoms with Gasteiger partial charge >= 0.3 is 0 Å². The summed E-state index contributed by atoms with van der Waals surface area (Å²) in [5.41, 5.74) is 6.67. The second-order valence-corrected chi connectivity index (χ2v) is 13.4. The lowest BCUT2D eigenvalue weighted by atomic mass is 9.93. The molecule has 3 aromatic heterocycles. The Morgan fingerprint density at radius 2 is 1.92 bits per heavy atom. The lowest BCUT2D eigenvalue weighted by Crippen LogP contribution is -2.46. The number of halogens is 2. The van der Waals surface area contributed by atoms with Gasteiger partial charge < -0.3 is 19.3 Å². The molecule has 0 saturated heterocycles. The highest BCUT2D eigenvalue weighted by atomic mass is 32.1. The van der Waals surface area contributed by atoms with Crippen LogP contribution in [0.15, 0.2) is 60.5 Å². The van der Waals surface area contributed by atoms with Gasteiger partial charge in [-0.1, -0.05) is 18.7 Å². The van der Waals surface area contributed by atoms with Crippen molar-refractivity contribution in [2.75, 3.05) is 33.9 Å². The van der Waals surface area contributed by atoms with Crippen molar-refractivity contribution >= 4 is 27.3 Å². The number of ether oxygens (including phenoxy) is 2.